The highest BCUT2D eigenvalue weighted by Gasteiger charge is 2.21. The first-order chi connectivity index (χ1) is 8.75. The quantitative estimate of drug-likeness (QED) is 0.846. The maximum atomic E-state index is 5.97. The van der Waals surface area contributed by atoms with Gasteiger partial charge in [0.2, 0.25) is 0 Å². The summed E-state index contributed by atoms with van der Waals surface area (Å²) in [7, 11) is 0. The normalized spacial score (nSPS) is 18.8. The van der Waals surface area contributed by atoms with Crippen LogP contribution in [0.15, 0.2) is 35.2 Å². The van der Waals surface area contributed by atoms with Gasteiger partial charge in [-0.15, -0.1) is 24.2 Å². The first kappa shape index (κ1) is 16.8. The Morgan fingerprint density at radius 1 is 1.26 bits per heavy atom. The molecule has 108 valence electrons. The Morgan fingerprint density at radius 2 is 1.89 bits per heavy atom. The van der Waals surface area contributed by atoms with Gasteiger partial charge in [-0.1, -0.05) is 18.2 Å². The Morgan fingerprint density at radius 3 is 2.47 bits per heavy atom. The SMILES string of the molecule is CC(N)C1CCN(CCSc2ccccc2)CC1.Cl. The average molecular weight is 301 g/mol. The van der Waals surface area contributed by atoms with Crippen molar-refractivity contribution < 1.29 is 0 Å². The average Bonchev–Trinajstić information content (AvgIpc) is 2.40. The third kappa shape index (κ3) is 5.74. The molecule has 0 radical (unpaired) electrons. The summed E-state index contributed by atoms with van der Waals surface area (Å²) in [4.78, 5) is 3.96. The van der Waals surface area contributed by atoms with Crippen molar-refractivity contribution in [1.82, 2.24) is 4.90 Å². The molecule has 0 amide bonds. The van der Waals surface area contributed by atoms with E-state index in [2.05, 4.69) is 42.2 Å². The van der Waals surface area contributed by atoms with Crippen LogP contribution < -0.4 is 5.73 Å². The predicted molar refractivity (Wildman–Crippen MR) is 87.2 cm³/mol. The molecule has 1 unspecified atom stereocenters. The van der Waals surface area contributed by atoms with Gasteiger partial charge in [0.25, 0.3) is 0 Å². The van der Waals surface area contributed by atoms with Crippen LogP contribution in [0.2, 0.25) is 0 Å². The van der Waals surface area contributed by atoms with Crippen LogP contribution >= 0.6 is 24.2 Å². The van der Waals surface area contributed by atoms with Crippen molar-refractivity contribution in [2.24, 2.45) is 11.7 Å². The summed E-state index contributed by atoms with van der Waals surface area (Å²) in [5.41, 5.74) is 5.97. The van der Waals surface area contributed by atoms with Gasteiger partial charge in [0, 0.05) is 23.2 Å². The number of benzene rings is 1. The summed E-state index contributed by atoms with van der Waals surface area (Å²) in [5, 5.41) is 0. The van der Waals surface area contributed by atoms with Gasteiger partial charge in [0.1, 0.15) is 0 Å². The van der Waals surface area contributed by atoms with E-state index in [1.807, 2.05) is 11.8 Å². The molecule has 1 heterocycles. The highest BCUT2D eigenvalue weighted by molar-refractivity contribution is 7.99. The van der Waals surface area contributed by atoms with E-state index in [-0.39, 0.29) is 12.4 Å². The predicted octanol–water partition coefficient (Wildman–Crippen LogP) is 3.26. The van der Waals surface area contributed by atoms with Crippen LogP contribution in [0, 0.1) is 5.92 Å². The largest absolute Gasteiger partial charge is 0.328 e. The van der Waals surface area contributed by atoms with E-state index in [0.29, 0.717) is 6.04 Å². The zero-order chi connectivity index (χ0) is 12.8. The van der Waals surface area contributed by atoms with Crippen molar-refractivity contribution in [3.05, 3.63) is 30.3 Å². The molecule has 1 saturated heterocycles. The van der Waals surface area contributed by atoms with E-state index >= 15 is 0 Å². The number of likely N-dealkylation sites (tertiary alicyclic amines) is 1. The van der Waals surface area contributed by atoms with Crippen molar-refractivity contribution in [3.8, 4) is 0 Å². The summed E-state index contributed by atoms with van der Waals surface area (Å²) in [6, 6.07) is 11.0. The molecule has 1 aromatic carbocycles. The molecule has 0 bridgehead atoms. The summed E-state index contributed by atoms with van der Waals surface area (Å²) < 4.78 is 0. The fourth-order valence-electron chi connectivity index (χ4n) is 2.51. The first-order valence-electron chi connectivity index (χ1n) is 6.91. The molecule has 0 spiro atoms. The molecule has 2 N–H and O–H groups in total. The van der Waals surface area contributed by atoms with Gasteiger partial charge in [-0.05, 0) is 50.9 Å². The molecule has 2 nitrogen and oxygen atoms in total. The lowest BCUT2D eigenvalue weighted by Gasteiger charge is -2.33. The molecule has 2 rings (SSSR count). The van der Waals surface area contributed by atoms with Crippen molar-refractivity contribution in [3.63, 3.8) is 0 Å². The smallest absolute Gasteiger partial charge is 0.0108 e. The van der Waals surface area contributed by atoms with E-state index in [1.54, 1.807) is 0 Å². The molecule has 1 fully saturated rings. The van der Waals surface area contributed by atoms with Crippen molar-refractivity contribution >= 4 is 24.2 Å². The Balaban J connectivity index is 0.00000180. The van der Waals surface area contributed by atoms with E-state index in [4.69, 9.17) is 5.73 Å². The minimum absolute atomic E-state index is 0. The van der Waals surface area contributed by atoms with Crippen LogP contribution in [0.1, 0.15) is 19.8 Å². The van der Waals surface area contributed by atoms with Gasteiger partial charge in [0.05, 0.1) is 0 Å². The Hall–Kier alpha value is -0.220. The Labute approximate surface area is 127 Å². The van der Waals surface area contributed by atoms with Gasteiger partial charge in [-0.25, -0.2) is 0 Å². The second-order valence-electron chi connectivity index (χ2n) is 5.20. The molecular weight excluding hydrogens is 276 g/mol. The summed E-state index contributed by atoms with van der Waals surface area (Å²) in [5.74, 6) is 1.93. The van der Waals surface area contributed by atoms with Crippen LogP contribution in [-0.2, 0) is 0 Å². The number of hydrogen-bond acceptors (Lipinski definition) is 3. The molecule has 0 saturated carbocycles. The van der Waals surface area contributed by atoms with Crippen LogP contribution in [-0.4, -0.2) is 36.3 Å². The Bertz CT molecular complexity index is 337. The topological polar surface area (TPSA) is 29.3 Å². The van der Waals surface area contributed by atoms with Crippen molar-refractivity contribution in [2.75, 3.05) is 25.4 Å². The minimum atomic E-state index is 0. The number of nitrogens with zero attached hydrogens (tertiary/aromatic N) is 1. The van der Waals surface area contributed by atoms with Gasteiger partial charge >= 0.3 is 0 Å². The second-order valence-corrected chi connectivity index (χ2v) is 6.37. The number of halogens is 1. The fourth-order valence-corrected chi connectivity index (χ4v) is 3.45. The van der Waals surface area contributed by atoms with E-state index in [1.165, 1.54) is 43.1 Å². The van der Waals surface area contributed by atoms with Crippen LogP contribution in [0.3, 0.4) is 0 Å². The molecule has 1 atom stereocenters. The second kappa shape index (κ2) is 8.85. The maximum absolute atomic E-state index is 5.97. The lowest BCUT2D eigenvalue weighted by molar-refractivity contribution is 0.181. The molecule has 0 aliphatic carbocycles. The number of piperidine rings is 1. The number of rotatable bonds is 5. The molecule has 0 aromatic heterocycles. The van der Waals surface area contributed by atoms with Gasteiger partial charge in [-0.3, -0.25) is 0 Å². The zero-order valence-electron chi connectivity index (χ0n) is 11.6. The Kier molecular flexibility index (Phi) is 7.84. The van der Waals surface area contributed by atoms with Crippen LogP contribution in [0.25, 0.3) is 0 Å². The molecule has 1 aromatic rings. The summed E-state index contributed by atoms with van der Waals surface area (Å²) in [6.07, 6.45) is 2.54. The number of nitrogens with two attached hydrogens (primary N) is 1. The van der Waals surface area contributed by atoms with Crippen LogP contribution in [0.4, 0.5) is 0 Å². The molecule has 1 aliphatic rings. The monoisotopic (exact) mass is 300 g/mol. The van der Waals surface area contributed by atoms with E-state index in [0.717, 1.165) is 5.92 Å². The zero-order valence-corrected chi connectivity index (χ0v) is 13.3. The molecule has 4 heteroatoms. The van der Waals surface area contributed by atoms with Crippen molar-refractivity contribution in [1.29, 1.82) is 0 Å². The first-order valence-corrected chi connectivity index (χ1v) is 7.90. The van der Waals surface area contributed by atoms with Gasteiger partial charge < -0.3 is 10.6 Å². The van der Waals surface area contributed by atoms with E-state index in [9.17, 15) is 0 Å². The van der Waals surface area contributed by atoms with E-state index < -0.39 is 0 Å². The molecule has 19 heavy (non-hydrogen) atoms. The third-order valence-electron chi connectivity index (χ3n) is 3.80. The molecule has 1 aliphatic heterocycles. The summed E-state index contributed by atoms with van der Waals surface area (Å²) in [6.45, 7) is 5.79. The number of hydrogen-bond donors (Lipinski definition) is 1. The summed E-state index contributed by atoms with van der Waals surface area (Å²) >= 11 is 1.95. The highest BCUT2D eigenvalue weighted by atomic mass is 35.5. The maximum Gasteiger partial charge on any atom is 0.0108 e. The minimum Gasteiger partial charge on any atom is -0.328 e. The lowest BCUT2D eigenvalue weighted by Crippen LogP contribution is -2.40. The third-order valence-corrected chi connectivity index (χ3v) is 4.79. The van der Waals surface area contributed by atoms with Gasteiger partial charge in [-0.2, -0.15) is 0 Å². The van der Waals surface area contributed by atoms with Crippen molar-refractivity contribution in [2.45, 2.75) is 30.7 Å². The fraction of sp³-hybridized carbons (Fsp3) is 0.600. The lowest BCUT2D eigenvalue weighted by atomic mass is 9.91. The molecular formula is C15H25ClN2S. The standard InChI is InChI=1S/C15H24N2S.ClH/c1-13(16)14-7-9-17(10-8-14)11-12-18-15-5-3-2-4-6-15;/h2-6,13-14H,7-12,16H2,1H3;1H. The number of thioether (sulfide) groups is 1. The highest BCUT2D eigenvalue weighted by Crippen LogP contribution is 2.21. The van der Waals surface area contributed by atoms with Gasteiger partial charge in [0.15, 0.2) is 0 Å². The van der Waals surface area contributed by atoms with Crippen LogP contribution in [0.5, 0.6) is 0 Å².